The topological polar surface area (TPSA) is 75.3 Å². The van der Waals surface area contributed by atoms with E-state index in [4.69, 9.17) is 5.73 Å². The van der Waals surface area contributed by atoms with Crippen molar-refractivity contribution in [3.8, 4) is 11.1 Å². The third-order valence-electron chi connectivity index (χ3n) is 4.04. The van der Waals surface area contributed by atoms with Crippen molar-refractivity contribution in [2.24, 2.45) is 0 Å². The number of likely N-dealkylation sites (tertiary alicyclic amines) is 1. The number of hydrogen-bond donors (Lipinski definition) is 2. The van der Waals surface area contributed by atoms with Gasteiger partial charge in [0.05, 0.1) is 18.3 Å². The highest BCUT2D eigenvalue weighted by atomic mass is 19.1. The maximum absolute atomic E-state index is 13.5. The summed E-state index contributed by atoms with van der Waals surface area (Å²) in [6.07, 6.45) is 3.64. The Labute approximate surface area is 128 Å². The van der Waals surface area contributed by atoms with E-state index in [9.17, 15) is 9.50 Å². The summed E-state index contributed by atoms with van der Waals surface area (Å²) < 4.78 is 13.5. The largest absolute Gasteiger partial charge is 0.395 e. The number of nitrogens with two attached hydrogens (primary N) is 1. The summed E-state index contributed by atoms with van der Waals surface area (Å²) in [4.78, 5) is 10.7. The summed E-state index contributed by atoms with van der Waals surface area (Å²) in [5.74, 6) is -0.0788. The number of aliphatic hydroxyl groups excluding tert-OH is 1. The van der Waals surface area contributed by atoms with Crippen molar-refractivity contribution >= 4 is 5.95 Å². The molecular weight excluding hydrogens is 283 g/mol. The van der Waals surface area contributed by atoms with Crippen LogP contribution in [0, 0.1) is 5.82 Å². The number of aromatic nitrogens is 2. The van der Waals surface area contributed by atoms with Gasteiger partial charge in [0.1, 0.15) is 5.82 Å². The highest BCUT2D eigenvalue weighted by Gasteiger charge is 2.29. The minimum Gasteiger partial charge on any atom is -0.395 e. The van der Waals surface area contributed by atoms with Crippen molar-refractivity contribution in [3.05, 3.63) is 42.0 Å². The summed E-state index contributed by atoms with van der Waals surface area (Å²) >= 11 is 0. The van der Waals surface area contributed by atoms with Crippen molar-refractivity contribution in [2.75, 3.05) is 25.4 Å². The molecule has 0 spiro atoms. The van der Waals surface area contributed by atoms with E-state index in [1.165, 1.54) is 12.1 Å². The molecule has 0 aliphatic carbocycles. The molecule has 3 N–H and O–H groups in total. The van der Waals surface area contributed by atoms with Crippen LogP contribution in [0.4, 0.5) is 10.3 Å². The van der Waals surface area contributed by atoms with Crippen LogP contribution in [0.25, 0.3) is 11.1 Å². The van der Waals surface area contributed by atoms with Crippen LogP contribution in [0.3, 0.4) is 0 Å². The predicted molar refractivity (Wildman–Crippen MR) is 82.5 cm³/mol. The summed E-state index contributed by atoms with van der Waals surface area (Å²) in [6.45, 7) is 1.61. The molecule has 3 rings (SSSR count). The van der Waals surface area contributed by atoms with Gasteiger partial charge in [0.25, 0.3) is 0 Å². The third-order valence-corrected chi connectivity index (χ3v) is 4.04. The van der Waals surface area contributed by atoms with Crippen LogP contribution in [0.2, 0.25) is 0 Å². The van der Waals surface area contributed by atoms with Crippen LogP contribution in [-0.2, 0) is 0 Å². The smallest absolute Gasteiger partial charge is 0.220 e. The summed E-state index contributed by atoms with van der Waals surface area (Å²) in [5, 5.41) is 9.22. The quantitative estimate of drug-likeness (QED) is 0.903. The standard InChI is InChI=1S/C16H19FN4O/c17-12-4-1-3-11(9-12)13-10-19-16(18)20-15(13)14-5-2-6-21(14)7-8-22/h1,3-4,9-10,14,22H,2,5-8H2,(H2,18,19,20)/t14-/m1/s1. The fourth-order valence-electron chi connectivity index (χ4n) is 3.07. The number of rotatable bonds is 4. The number of β-amino-alcohol motifs (C(OH)–C–C–N with tert-alkyl or cyclic N) is 1. The van der Waals surface area contributed by atoms with E-state index in [0.29, 0.717) is 6.54 Å². The van der Waals surface area contributed by atoms with E-state index in [0.717, 1.165) is 36.2 Å². The first-order chi connectivity index (χ1) is 10.7. The molecular formula is C16H19FN4O. The van der Waals surface area contributed by atoms with E-state index >= 15 is 0 Å². The molecule has 1 aliphatic heterocycles. The Morgan fingerprint density at radius 1 is 1.41 bits per heavy atom. The van der Waals surface area contributed by atoms with E-state index < -0.39 is 0 Å². The Bertz CT molecular complexity index is 664. The number of aliphatic hydroxyl groups is 1. The number of hydrogen-bond acceptors (Lipinski definition) is 5. The van der Waals surface area contributed by atoms with Gasteiger partial charge in [-0.15, -0.1) is 0 Å². The van der Waals surface area contributed by atoms with Crippen LogP contribution in [-0.4, -0.2) is 39.7 Å². The molecule has 116 valence electrons. The fraction of sp³-hybridized carbons (Fsp3) is 0.375. The average Bonchev–Trinajstić information content (AvgIpc) is 2.96. The predicted octanol–water partition coefficient (Wildman–Crippen LogP) is 1.99. The Balaban J connectivity index is 2.05. The number of nitrogen functional groups attached to an aromatic ring is 1. The molecule has 2 heterocycles. The molecule has 0 amide bonds. The van der Waals surface area contributed by atoms with Gasteiger partial charge in [-0.25, -0.2) is 14.4 Å². The number of benzene rings is 1. The molecule has 0 bridgehead atoms. The van der Waals surface area contributed by atoms with E-state index in [-0.39, 0.29) is 24.4 Å². The Hall–Kier alpha value is -2.05. The van der Waals surface area contributed by atoms with E-state index in [2.05, 4.69) is 14.9 Å². The Kier molecular flexibility index (Phi) is 4.31. The Morgan fingerprint density at radius 3 is 3.05 bits per heavy atom. The number of anilines is 1. The average molecular weight is 302 g/mol. The molecule has 6 heteroatoms. The first-order valence-corrected chi connectivity index (χ1v) is 7.42. The molecule has 0 saturated carbocycles. The van der Waals surface area contributed by atoms with Crippen molar-refractivity contribution in [1.29, 1.82) is 0 Å². The van der Waals surface area contributed by atoms with Crippen molar-refractivity contribution < 1.29 is 9.50 Å². The van der Waals surface area contributed by atoms with Gasteiger partial charge in [-0.3, -0.25) is 4.90 Å². The third kappa shape index (κ3) is 2.93. The molecule has 1 saturated heterocycles. The molecule has 1 aromatic carbocycles. The second-order valence-corrected chi connectivity index (χ2v) is 5.46. The van der Waals surface area contributed by atoms with Gasteiger partial charge in [-0.1, -0.05) is 12.1 Å². The maximum atomic E-state index is 13.5. The lowest BCUT2D eigenvalue weighted by Gasteiger charge is -2.25. The fourth-order valence-corrected chi connectivity index (χ4v) is 3.07. The van der Waals surface area contributed by atoms with Crippen LogP contribution < -0.4 is 5.73 Å². The maximum Gasteiger partial charge on any atom is 0.220 e. The first-order valence-electron chi connectivity index (χ1n) is 7.42. The van der Waals surface area contributed by atoms with Gasteiger partial charge in [0.2, 0.25) is 5.95 Å². The number of nitrogens with zero attached hydrogens (tertiary/aromatic N) is 3. The van der Waals surface area contributed by atoms with Gasteiger partial charge in [-0.05, 0) is 37.1 Å². The van der Waals surface area contributed by atoms with Gasteiger partial charge in [0.15, 0.2) is 0 Å². The highest BCUT2D eigenvalue weighted by molar-refractivity contribution is 5.66. The molecule has 5 nitrogen and oxygen atoms in total. The molecule has 0 unspecified atom stereocenters. The van der Waals surface area contributed by atoms with Gasteiger partial charge in [0, 0.05) is 18.3 Å². The van der Waals surface area contributed by atoms with Crippen molar-refractivity contribution in [2.45, 2.75) is 18.9 Å². The van der Waals surface area contributed by atoms with Crippen molar-refractivity contribution in [3.63, 3.8) is 0 Å². The van der Waals surface area contributed by atoms with E-state index in [1.54, 1.807) is 12.3 Å². The van der Waals surface area contributed by atoms with Gasteiger partial charge < -0.3 is 10.8 Å². The second kappa shape index (κ2) is 6.37. The molecule has 2 aromatic rings. The summed E-state index contributed by atoms with van der Waals surface area (Å²) in [5.41, 5.74) is 8.10. The highest BCUT2D eigenvalue weighted by Crippen LogP contribution is 2.36. The lowest BCUT2D eigenvalue weighted by Crippen LogP contribution is -2.27. The van der Waals surface area contributed by atoms with Crippen LogP contribution >= 0.6 is 0 Å². The minimum absolute atomic E-state index is 0.0794. The second-order valence-electron chi connectivity index (χ2n) is 5.46. The summed E-state index contributed by atoms with van der Waals surface area (Å²) in [7, 11) is 0. The zero-order chi connectivity index (χ0) is 15.5. The van der Waals surface area contributed by atoms with Crippen LogP contribution in [0.5, 0.6) is 0 Å². The normalized spacial score (nSPS) is 18.7. The van der Waals surface area contributed by atoms with Crippen molar-refractivity contribution in [1.82, 2.24) is 14.9 Å². The lowest BCUT2D eigenvalue weighted by atomic mass is 10.00. The minimum atomic E-state index is -0.293. The van der Waals surface area contributed by atoms with Gasteiger partial charge in [-0.2, -0.15) is 0 Å². The summed E-state index contributed by atoms with van der Waals surface area (Å²) in [6, 6.07) is 6.48. The van der Waals surface area contributed by atoms with Crippen LogP contribution in [0.15, 0.2) is 30.5 Å². The molecule has 1 aromatic heterocycles. The van der Waals surface area contributed by atoms with Crippen LogP contribution in [0.1, 0.15) is 24.6 Å². The molecule has 1 aliphatic rings. The molecule has 1 fully saturated rings. The lowest BCUT2D eigenvalue weighted by molar-refractivity contribution is 0.184. The molecule has 22 heavy (non-hydrogen) atoms. The zero-order valence-corrected chi connectivity index (χ0v) is 12.2. The first kappa shape index (κ1) is 14.9. The number of halogens is 1. The molecule has 1 atom stereocenters. The SMILES string of the molecule is Nc1ncc(-c2cccc(F)c2)c([C@H]2CCCN2CCO)n1. The monoisotopic (exact) mass is 302 g/mol. The zero-order valence-electron chi connectivity index (χ0n) is 12.2. The molecule has 0 radical (unpaired) electrons. The van der Waals surface area contributed by atoms with Gasteiger partial charge >= 0.3 is 0 Å². The Morgan fingerprint density at radius 2 is 2.27 bits per heavy atom. The van der Waals surface area contributed by atoms with E-state index in [1.807, 2.05) is 6.07 Å².